The Morgan fingerprint density at radius 2 is 1.76 bits per heavy atom. The third-order valence-electron chi connectivity index (χ3n) is 3.64. The lowest BCUT2D eigenvalue weighted by Gasteiger charge is -2.21. The van der Waals surface area contributed by atoms with Crippen LogP contribution in [-0.4, -0.2) is 43.5 Å². The first-order valence-electron chi connectivity index (χ1n) is 8.13. The van der Waals surface area contributed by atoms with Crippen LogP contribution in [-0.2, 0) is 9.59 Å². The first-order chi connectivity index (χ1) is 12.1. The number of hydrogen-bond acceptors (Lipinski definition) is 4. The highest BCUT2D eigenvalue weighted by Gasteiger charge is 2.15. The Morgan fingerprint density at radius 3 is 2.44 bits per heavy atom. The Hall–Kier alpha value is -3.02. The van der Waals surface area contributed by atoms with Gasteiger partial charge in [-0.15, -0.1) is 0 Å². The van der Waals surface area contributed by atoms with Crippen LogP contribution in [0.1, 0.15) is 6.92 Å². The molecule has 0 saturated carbocycles. The minimum atomic E-state index is -0.247. The number of nitrogens with zero attached hydrogens (tertiary/aromatic N) is 1. The van der Waals surface area contributed by atoms with Crippen molar-refractivity contribution in [3.63, 3.8) is 0 Å². The third kappa shape index (κ3) is 5.84. The van der Waals surface area contributed by atoms with E-state index in [0.29, 0.717) is 18.0 Å². The van der Waals surface area contributed by atoms with Gasteiger partial charge in [0.1, 0.15) is 5.75 Å². The fourth-order valence-electron chi connectivity index (χ4n) is 2.30. The van der Waals surface area contributed by atoms with Crippen molar-refractivity contribution >= 4 is 23.2 Å². The summed E-state index contributed by atoms with van der Waals surface area (Å²) in [4.78, 5) is 26.0. The predicted octanol–water partition coefficient (Wildman–Crippen LogP) is 2.59. The lowest BCUT2D eigenvalue weighted by atomic mass is 10.3. The van der Waals surface area contributed by atoms with Crippen LogP contribution in [0.25, 0.3) is 0 Å². The maximum absolute atomic E-state index is 12.3. The Morgan fingerprint density at radius 1 is 1.04 bits per heavy atom. The van der Waals surface area contributed by atoms with Gasteiger partial charge in [0.15, 0.2) is 0 Å². The van der Waals surface area contributed by atoms with Crippen molar-refractivity contribution in [2.75, 3.05) is 37.4 Å². The fraction of sp³-hybridized carbons (Fsp3) is 0.263. The van der Waals surface area contributed by atoms with Crippen molar-refractivity contribution in [1.29, 1.82) is 0 Å². The van der Waals surface area contributed by atoms with E-state index in [1.54, 1.807) is 31.4 Å². The fourth-order valence-corrected chi connectivity index (χ4v) is 2.30. The normalized spacial score (nSPS) is 10.0. The smallest absolute Gasteiger partial charge is 0.243 e. The first-order valence-corrected chi connectivity index (χ1v) is 8.13. The lowest BCUT2D eigenvalue weighted by molar-refractivity contribution is -0.132. The van der Waals surface area contributed by atoms with Gasteiger partial charge in [-0.05, 0) is 31.2 Å². The van der Waals surface area contributed by atoms with E-state index in [4.69, 9.17) is 4.74 Å². The van der Waals surface area contributed by atoms with Gasteiger partial charge in [-0.1, -0.05) is 24.3 Å². The van der Waals surface area contributed by atoms with Crippen LogP contribution in [0.5, 0.6) is 5.75 Å². The highest BCUT2D eigenvalue weighted by atomic mass is 16.5. The molecular formula is C19H23N3O3. The van der Waals surface area contributed by atoms with Crippen molar-refractivity contribution in [3.8, 4) is 5.75 Å². The predicted molar refractivity (Wildman–Crippen MR) is 98.8 cm³/mol. The number of hydrogen-bond donors (Lipinski definition) is 2. The second kappa shape index (κ2) is 9.32. The Kier molecular flexibility index (Phi) is 6.83. The van der Waals surface area contributed by atoms with E-state index >= 15 is 0 Å². The molecule has 0 aliphatic rings. The molecule has 2 amide bonds. The van der Waals surface area contributed by atoms with Crippen LogP contribution in [0.3, 0.4) is 0 Å². The molecule has 0 heterocycles. The Balaban J connectivity index is 1.86. The molecule has 2 rings (SSSR count). The van der Waals surface area contributed by atoms with E-state index in [1.807, 2.05) is 37.3 Å². The zero-order chi connectivity index (χ0) is 18.1. The summed E-state index contributed by atoms with van der Waals surface area (Å²) in [6.45, 7) is 2.45. The molecule has 132 valence electrons. The zero-order valence-corrected chi connectivity index (χ0v) is 14.5. The van der Waals surface area contributed by atoms with Gasteiger partial charge in [-0.2, -0.15) is 0 Å². The van der Waals surface area contributed by atoms with Crippen molar-refractivity contribution in [2.24, 2.45) is 0 Å². The van der Waals surface area contributed by atoms with Gasteiger partial charge in [0.25, 0.3) is 0 Å². The van der Waals surface area contributed by atoms with Gasteiger partial charge in [-0.25, -0.2) is 0 Å². The van der Waals surface area contributed by atoms with E-state index in [-0.39, 0.29) is 24.9 Å². The Labute approximate surface area is 147 Å². The molecule has 0 aliphatic carbocycles. The SMILES string of the molecule is CCN(CC(=O)Nc1cccc(OC)c1)C(=O)CNc1ccccc1. The number of methoxy groups -OCH3 is 1. The standard InChI is InChI=1S/C19H23N3O3/c1-3-22(19(24)13-20-15-8-5-4-6-9-15)14-18(23)21-16-10-7-11-17(12-16)25-2/h4-12,20H,3,13-14H2,1-2H3,(H,21,23). The summed E-state index contributed by atoms with van der Waals surface area (Å²) in [5.41, 5.74) is 1.50. The number of carbonyl (C=O) groups is 2. The topological polar surface area (TPSA) is 70.7 Å². The molecule has 0 unspecified atom stereocenters. The molecule has 0 spiro atoms. The molecule has 6 heteroatoms. The van der Waals surface area contributed by atoms with Crippen LogP contribution >= 0.6 is 0 Å². The van der Waals surface area contributed by atoms with E-state index in [9.17, 15) is 9.59 Å². The maximum atomic E-state index is 12.3. The van der Waals surface area contributed by atoms with Gasteiger partial charge in [0.2, 0.25) is 11.8 Å². The summed E-state index contributed by atoms with van der Waals surface area (Å²) in [5, 5.41) is 5.83. The van der Waals surface area contributed by atoms with Crippen molar-refractivity contribution in [2.45, 2.75) is 6.92 Å². The van der Waals surface area contributed by atoms with Crippen molar-refractivity contribution < 1.29 is 14.3 Å². The quantitative estimate of drug-likeness (QED) is 0.774. The maximum Gasteiger partial charge on any atom is 0.243 e. The van der Waals surface area contributed by atoms with E-state index in [2.05, 4.69) is 10.6 Å². The monoisotopic (exact) mass is 341 g/mol. The molecule has 2 aromatic carbocycles. The number of para-hydroxylation sites is 1. The number of anilines is 2. The second-order valence-corrected chi connectivity index (χ2v) is 5.41. The van der Waals surface area contributed by atoms with Gasteiger partial charge < -0.3 is 20.3 Å². The number of amides is 2. The average molecular weight is 341 g/mol. The zero-order valence-electron chi connectivity index (χ0n) is 14.5. The van der Waals surface area contributed by atoms with Crippen molar-refractivity contribution in [1.82, 2.24) is 4.90 Å². The number of rotatable bonds is 8. The summed E-state index contributed by atoms with van der Waals surface area (Å²) < 4.78 is 5.13. The molecule has 0 fully saturated rings. The molecule has 2 N–H and O–H groups in total. The molecule has 25 heavy (non-hydrogen) atoms. The number of likely N-dealkylation sites (N-methyl/N-ethyl adjacent to an activating group) is 1. The molecule has 0 atom stereocenters. The average Bonchev–Trinajstić information content (AvgIpc) is 2.65. The largest absolute Gasteiger partial charge is 0.497 e. The number of carbonyl (C=O) groups excluding carboxylic acids is 2. The lowest BCUT2D eigenvalue weighted by Crippen LogP contribution is -2.40. The molecular weight excluding hydrogens is 318 g/mol. The van der Waals surface area contributed by atoms with Gasteiger partial charge in [0.05, 0.1) is 20.2 Å². The van der Waals surface area contributed by atoms with Crippen LogP contribution in [0, 0.1) is 0 Å². The van der Waals surface area contributed by atoms with Gasteiger partial charge in [0, 0.05) is 24.0 Å². The van der Waals surface area contributed by atoms with Crippen LogP contribution in [0.4, 0.5) is 11.4 Å². The molecule has 0 aliphatic heterocycles. The summed E-state index contributed by atoms with van der Waals surface area (Å²) in [6.07, 6.45) is 0. The summed E-state index contributed by atoms with van der Waals surface area (Å²) in [6, 6.07) is 16.6. The molecule has 2 aromatic rings. The summed E-state index contributed by atoms with van der Waals surface area (Å²) in [5.74, 6) is 0.281. The second-order valence-electron chi connectivity index (χ2n) is 5.41. The third-order valence-corrected chi connectivity index (χ3v) is 3.64. The number of nitrogens with one attached hydrogen (secondary N) is 2. The van der Waals surface area contributed by atoms with Crippen molar-refractivity contribution in [3.05, 3.63) is 54.6 Å². The van der Waals surface area contributed by atoms with Gasteiger partial charge >= 0.3 is 0 Å². The minimum absolute atomic E-state index is 0.00299. The molecule has 0 aromatic heterocycles. The molecule has 0 radical (unpaired) electrons. The van der Waals surface area contributed by atoms with Crippen LogP contribution < -0.4 is 15.4 Å². The molecule has 0 bridgehead atoms. The minimum Gasteiger partial charge on any atom is -0.497 e. The van der Waals surface area contributed by atoms with E-state index in [0.717, 1.165) is 5.69 Å². The van der Waals surface area contributed by atoms with E-state index in [1.165, 1.54) is 4.90 Å². The van der Waals surface area contributed by atoms with E-state index < -0.39 is 0 Å². The summed E-state index contributed by atoms with van der Waals surface area (Å²) in [7, 11) is 1.57. The van der Waals surface area contributed by atoms with Crippen LogP contribution in [0.2, 0.25) is 0 Å². The molecule has 0 saturated heterocycles. The summed E-state index contributed by atoms with van der Waals surface area (Å²) >= 11 is 0. The van der Waals surface area contributed by atoms with Crippen LogP contribution in [0.15, 0.2) is 54.6 Å². The number of ether oxygens (including phenoxy) is 1. The molecule has 6 nitrogen and oxygen atoms in total. The highest BCUT2D eigenvalue weighted by molar-refractivity contribution is 5.95. The Bertz CT molecular complexity index is 704. The highest BCUT2D eigenvalue weighted by Crippen LogP contribution is 2.16. The van der Waals surface area contributed by atoms with Gasteiger partial charge in [-0.3, -0.25) is 9.59 Å². The first kappa shape index (κ1) is 18.3. The number of benzene rings is 2.